The van der Waals surface area contributed by atoms with E-state index in [0.29, 0.717) is 29.8 Å². The number of amides is 2. The molecule has 13 heteroatoms. The van der Waals surface area contributed by atoms with E-state index >= 15 is 0 Å². The largest absolute Gasteiger partial charge is 0.395 e. The second kappa shape index (κ2) is 11.7. The number of morpholine rings is 1. The molecule has 1 fully saturated rings. The molecule has 3 aromatic rings. The van der Waals surface area contributed by atoms with Crippen LogP contribution in [0.1, 0.15) is 37.0 Å². The second-order valence-electron chi connectivity index (χ2n) is 10.2. The first-order valence-electron chi connectivity index (χ1n) is 12.9. The van der Waals surface area contributed by atoms with Crippen molar-refractivity contribution in [3.63, 3.8) is 0 Å². The standard InChI is InChI=1S/C25H34N8O4S/c1-25(2,16-34)22-29-21(31-37-22)5-6-26-23(35)30-24-28-19-4-3-17(13-20(19)38-24)18-14-27-33(15-18)8-7-32-9-11-36-12-10-32/h3-4,13-14,18,34H,5-12,15-16H2,1-2H3,(H2,26,28,30,35). The summed E-state index contributed by atoms with van der Waals surface area (Å²) < 4.78 is 11.7. The van der Waals surface area contributed by atoms with E-state index in [9.17, 15) is 9.90 Å². The minimum atomic E-state index is -0.601. The van der Waals surface area contributed by atoms with E-state index < -0.39 is 5.41 Å². The molecule has 0 spiro atoms. The number of ether oxygens (including phenoxy) is 1. The molecular formula is C25H34N8O4S. The third-order valence-corrected chi connectivity index (χ3v) is 7.67. The summed E-state index contributed by atoms with van der Waals surface area (Å²) in [6.45, 7) is 10.2. The predicted molar refractivity (Wildman–Crippen MR) is 145 cm³/mol. The lowest BCUT2D eigenvalue weighted by atomic mass is 9.95. The third-order valence-electron chi connectivity index (χ3n) is 6.73. The molecule has 2 amide bonds. The number of rotatable bonds is 10. The Morgan fingerprint density at radius 2 is 2.08 bits per heavy atom. The van der Waals surface area contributed by atoms with Crippen LogP contribution in [-0.2, 0) is 16.6 Å². The van der Waals surface area contributed by atoms with Gasteiger partial charge in [-0.2, -0.15) is 10.1 Å². The van der Waals surface area contributed by atoms with Crippen molar-refractivity contribution in [2.75, 3.05) is 64.4 Å². The summed E-state index contributed by atoms with van der Waals surface area (Å²) in [6.07, 6.45) is 2.43. The van der Waals surface area contributed by atoms with E-state index in [1.54, 1.807) is 0 Å². The number of thiazole rings is 1. The molecule has 0 radical (unpaired) electrons. The first kappa shape index (κ1) is 26.5. The topological polar surface area (TPSA) is 141 Å². The number of carbonyl (C=O) groups excluding carboxylic acids is 1. The van der Waals surface area contributed by atoms with Crippen LogP contribution >= 0.6 is 11.3 Å². The zero-order chi connectivity index (χ0) is 26.5. The maximum Gasteiger partial charge on any atom is 0.321 e. The van der Waals surface area contributed by atoms with E-state index in [4.69, 9.17) is 9.26 Å². The Morgan fingerprint density at radius 1 is 1.24 bits per heavy atom. The number of hydrazone groups is 1. The normalized spacial score (nSPS) is 18.4. The molecule has 0 aliphatic carbocycles. The average molecular weight is 543 g/mol. The fourth-order valence-corrected chi connectivity index (χ4v) is 5.18. The second-order valence-corrected chi connectivity index (χ2v) is 11.2. The Morgan fingerprint density at radius 3 is 2.89 bits per heavy atom. The lowest BCUT2D eigenvalue weighted by molar-refractivity contribution is 0.0339. The Hall–Kier alpha value is -3.13. The monoisotopic (exact) mass is 542 g/mol. The minimum Gasteiger partial charge on any atom is -0.395 e. The van der Waals surface area contributed by atoms with Crippen molar-refractivity contribution in [1.29, 1.82) is 0 Å². The number of hydrogen-bond acceptors (Lipinski definition) is 11. The molecule has 5 rings (SSSR count). The summed E-state index contributed by atoms with van der Waals surface area (Å²) >= 11 is 1.44. The molecule has 3 N–H and O–H groups in total. The third kappa shape index (κ3) is 6.46. The smallest absolute Gasteiger partial charge is 0.321 e. The number of aromatic nitrogens is 3. The van der Waals surface area contributed by atoms with Crippen LogP contribution in [0.5, 0.6) is 0 Å². The lowest BCUT2D eigenvalue weighted by Gasteiger charge is -2.28. The van der Waals surface area contributed by atoms with Crippen molar-refractivity contribution < 1.29 is 19.2 Å². The van der Waals surface area contributed by atoms with Gasteiger partial charge in [0, 0.05) is 57.8 Å². The minimum absolute atomic E-state index is 0.0962. The van der Waals surface area contributed by atoms with Crippen LogP contribution in [0.15, 0.2) is 27.8 Å². The van der Waals surface area contributed by atoms with Gasteiger partial charge in [-0.3, -0.25) is 15.2 Å². The van der Waals surface area contributed by atoms with Gasteiger partial charge in [0.25, 0.3) is 0 Å². The van der Waals surface area contributed by atoms with Gasteiger partial charge in [-0.25, -0.2) is 9.78 Å². The molecule has 4 heterocycles. The van der Waals surface area contributed by atoms with Crippen molar-refractivity contribution in [3.8, 4) is 0 Å². The van der Waals surface area contributed by atoms with Gasteiger partial charge in [-0.15, -0.1) is 0 Å². The first-order valence-corrected chi connectivity index (χ1v) is 13.7. The molecule has 12 nitrogen and oxygen atoms in total. The van der Waals surface area contributed by atoms with Crippen LogP contribution in [0.25, 0.3) is 10.2 Å². The van der Waals surface area contributed by atoms with Crippen LogP contribution < -0.4 is 10.6 Å². The molecule has 0 bridgehead atoms. The highest BCUT2D eigenvalue weighted by Crippen LogP contribution is 2.30. The molecule has 2 aliphatic heterocycles. The summed E-state index contributed by atoms with van der Waals surface area (Å²) in [4.78, 5) is 23.7. The number of anilines is 1. The van der Waals surface area contributed by atoms with Crippen molar-refractivity contribution in [1.82, 2.24) is 30.4 Å². The van der Waals surface area contributed by atoms with Gasteiger partial charge in [-0.05, 0) is 31.5 Å². The van der Waals surface area contributed by atoms with Crippen LogP contribution in [0, 0.1) is 0 Å². The summed E-state index contributed by atoms with van der Waals surface area (Å²) in [6, 6.07) is 5.88. The zero-order valence-corrected chi connectivity index (χ0v) is 22.5. The number of fused-ring (bicyclic) bond motifs is 1. The quantitative estimate of drug-likeness (QED) is 0.351. The molecule has 204 valence electrons. The Kier molecular flexibility index (Phi) is 8.17. The van der Waals surface area contributed by atoms with E-state index in [1.807, 2.05) is 26.1 Å². The number of urea groups is 1. The number of carbonyl (C=O) groups is 1. The molecular weight excluding hydrogens is 508 g/mol. The molecule has 1 saturated heterocycles. The maximum absolute atomic E-state index is 12.4. The summed E-state index contributed by atoms with van der Waals surface area (Å²) in [5.41, 5.74) is 1.44. The Labute approximate surface area is 225 Å². The molecule has 2 aromatic heterocycles. The molecule has 0 saturated carbocycles. The number of nitrogens with one attached hydrogen (secondary N) is 2. The highest BCUT2D eigenvalue weighted by atomic mass is 32.1. The summed E-state index contributed by atoms with van der Waals surface area (Å²) in [7, 11) is 0. The fraction of sp³-hybridized carbons (Fsp3) is 0.560. The zero-order valence-electron chi connectivity index (χ0n) is 21.7. The van der Waals surface area contributed by atoms with Gasteiger partial charge < -0.3 is 19.7 Å². The number of aliphatic hydroxyl groups excluding tert-OH is 1. The van der Waals surface area contributed by atoms with Crippen molar-refractivity contribution in [2.24, 2.45) is 5.10 Å². The molecule has 38 heavy (non-hydrogen) atoms. The van der Waals surface area contributed by atoms with Gasteiger partial charge in [0.1, 0.15) is 0 Å². The number of aliphatic hydroxyl groups is 1. The predicted octanol–water partition coefficient (Wildman–Crippen LogP) is 2.03. The average Bonchev–Trinajstić information content (AvgIpc) is 3.67. The van der Waals surface area contributed by atoms with Crippen LogP contribution in [0.4, 0.5) is 9.93 Å². The maximum atomic E-state index is 12.4. The summed E-state index contributed by atoms with van der Waals surface area (Å²) in [5.74, 6) is 1.09. The van der Waals surface area contributed by atoms with Crippen LogP contribution in [0.2, 0.25) is 0 Å². The van der Waals surface area contributed by atoms with Crippen LogP contribution in [0.3, 0.4) is 0 Å². The molecule has 1 aromatic carbocycles. The number of hydrogen-bond donors (Lipinski definition) is 3. The lowest BCUT2D eigenvalue weighted by Crippen LogP contribution is -2.40. The highest BCUT2D eigenvalue weighted by Gasteiger charge is 2.27. The molecule has 1 atom stereocenters. The first-order chi connectivity index (χ1) is 18.4. The van der Waals surface area contributed by atoms with Crippen molar-refractivity contribution in [3.05, 3.63) is 35.5 Å². The van der Waals surface area contributed by atoms with Gasteiger partial charge >= 0.3 is 6.03 Å². The van der Waals surface area contributed by atoms with E-state index in [2.05, 4.69) is 52.9 Å². The van der Waals surface area contributed by atoms with E-state index in [-0.39, 0.29) is 18.6 Å². The van der Waals surface area contributed by atoms with Crippen molar-refractivity contribution >= 4 is 38.9 Å². The van der Waals surface area contributed by atoms with E-state index in [1.165, 1.54) is 16.9 Å². The van der Waals surface area contributed by atoms with E-state index in [0.717, 1.165) is 56.2 Å². The van der Waals surface area contributed by atoms with Crippen molar-refractivity contribution in [2.45, 2.75) is 31.6 Å². The number of nitrogens with zero attached hydrogens (tertiary/aromatic N) is 6. The Balaban J connectivity index is 1.09. The summed E-state index contributed by atoms with van der Waals surface area (Å²) in [5, 5.41) is 26.2. The van der Waals surface area contributed by atoms with Gasteiger partial charge in [0.15, 0.2) is 11.0 Å². The highest BCUT2D eigenvalue weighted by molar-refractivity contribution is 7.22. The molecule has 1 unspecified atom stereocenters. The Bertz CT molecular complexity index is 1270. The van der Waals surface area contributed by atoms with Gasteiger partial charge in [0.05, 0.1) is 35.5 Å². The molecule has 2 aliphatic rings. The number of benzene rings is 1. The van der Waals surface area contributed by atoms with Gasteiger partial charge in [-0.1, -0.05) is 22.6 Å². The van der Waals surface area contributed by atoms with Gasteiger partial charge in [0.2, 0.25) is 5.89 Å². The fourth-order valence-electron chi connectivity index (χ4n) is 4.27. The SMILES string of the molecule is CC(C)(CO)c1nc(CCNC(=O)Nc2nc3ccc(C4C=NN(CCN5CCOCC5)C4)cc3s2)no1. The van der Waals surface area contributed by atoms with Crippen LogP contribution in [-0.4, -0.2) is 101 Å².